The summed E-state index contributed by atoms with van der Waals surface area (Å²) in [5, 5.41) is 3.81. The van der Waals surface area contributed by atoms with Crippen LogP contribution in [0.2, 0.25) is 0 Å². The Morgan fingerprint density at radius 1 is 1.16 bits per heavy atom. The van der Waals surface area contributed by atoms with Crippen LogP contribution < -0.4 is 5.32 Å². The van der Waals surface area contributed by atoms with Crippen molar-refractivity contribution in [3.8, 4) is 0 Å². The van der Waals surface area contributed by atoms with Gasteiger partial charge in [0.1, 0.15) is 0 Å². The lowest BCUT2D eigenvalue weighted by Crippen LogP contribution is -2.44. The molecule has 1 N–H and O–H groups in total. The van der Waals surface area contributed by atoms with Crippen LogP contribution >= 0.6 is 0 Å². The van der Waals surface area contributed by atoms with Crippen LogP contribution in [0.25, 0.3) is 0 Å². The normalized spacial score (nSPS) is 27.3. The van der Waals surface area contributed by atoms with Gasteiger partial charge in [-0.05, 0) is 51.6 Å². The van der Waals surface area contributed by atoms with Gasteiger partial charge < -0.3 is 15.0 Å². The largest absolute Gasteiger partial charge is 0.382 e. The standard InChI is InChI=1S/C16H32N2O/c1-2-19-13-7-12-18-11-6-10-17-16(14-18)15-8-4-3-5-9-15/h15-17H,2-14H2,1H3. The molecule has 0 aromatic carbocycles. The van der Waals surface area contributed by atoms with Crippen molar-refractivity contribution in [3.63, 3.8) is 0 Å². The lowest BCUT2D eigenvalue weighted by atomic mass is 9.83. The fourth-order valence-corrected chi connectivity index (χ4v) is 3.61. The van der Waals surface area contributed by atoms with Crippen molar-refractivity contribution in [1.29, 1.82) is 0 Å². The third kappa shape index (κ3) is 5.41. The van der Waals surface area contributed by atoms with Gasteiger partial charge >= 0.3 is 0 Å². The molecule has 1 atom stereocenters. The second kappa shape index (κ2) is 8.93. The maximum Gasteiger partial charge on any atom is 0.0478 e. The summed E-state index contributed by atoms with van der Waals surface area (Å²) in [7, 11) is 0. The number of nitrogens with one attached hydrogen (secondary N) is 1. The number of nitrogens with zero attached hydrogens (tertiary/aromatic N) is 1. The Kier molecular flexibility index (Phi) is 7.18. The molecule has 112 valence electrons. The van der Waals surface area contributed by atoms with Gasteiger partial charge in [-0.15, -0.1) is 0 Å². The van der Waals surface area contributed by atoms with Gasteiger partial charge in [0, 0.05) is 32.3 Å². The van der Waals surface area contributed by atoms with Gasteiger partial charge in [-0.1, -0.05) is 19.3 Å². The first-order valence-corrected chi connectivity index (χ1v) is 8.43. The molecule has 1 aliphatic carbocycles. The summed E-state index contributed by atoms with van der Waals surface area (Å²) in [6.07, 6.45) is 9.75. The Morgan fingerprint density at radius 2 is 2.00 bits per heavy atom. The van der Waals surface area contributed by atoms with Crippen LogP contribution in [0.5, 0.6) is 0 Å². The molecule has 1 saturated heterocycles. The monoisotopic (exact) mass is 268 g/mol. The highest BCUT2D eigenvalue weighted by molar-refractivity contribution is 4.84. The van der Waals surface area contributed by atoms with Crippen LogP contribution in [0.15, 0.2) is 0 Å². The lowest BCUT2D eigenvalue weighted by Gasteiger charge is -2.33. The fraction of sp³-hybridized carbons (Fsp3) is 1.00. The van der Waals surface area contributed by atoms with E-state index in [1.54, 1.807) is 0 Å². The lowest BCUT2D eigenvalue weighted by molar-refractivity contribution is 0.128. The molecule has 0 radical (unpaired) electrons. The third-order valence-corrected chi connectivity index (χ3v) is 4.70. The molecule has 0 spiro atoms. The van der Waals surface area contributed by atoms with E-state index in [2.05, 4.69) is 17.1 Å². The molecule has 1 saturated carbocycles. The fourth-order valence-electron chi connectivity index (χ4n) is 3.61. The van der Waals surface area contributed by atoms with Crippen molar-refractivity contribution in [2.45, 2.75) is 57.9 Å². The minimum atomic E-state index is 0.745. The summed E-state index contributed by atoms with van der Waals surface area (Å²) < 4.78 is 5.46. The first kappa shape index (κ1) is 15.3. The van der Waals surface area contributed by atoms with E-state index in [0.717, 1.165) is 25.2 Å². The van der Waals surface area contributed by atoms with Gasteiger partial charge in [-0.3, -0.25) is 0 Å². The molecule has 0 bridgehead atoms. The van der Waals surface area contributed by atoms with Crippen molar-refractivity contribution in [3.05, 3.63) is 0 Å². The summed E-state index contributed by atoms with van der Waals surface area (Å²) in [5.74, 6) is 0.932. The number of ether oxygens (including phenoxy) is 1. The summed E-state index contributed by atoms with van der Waals surface area (Å²) in [5.41, 5.74) is 0. The SMILES string of the molecule is CCOCCCN1CCCNC(C2CCCCC2)C1. The second-order valence-electron chi connectivity index (χ2n) is 6.16. The Labute approximate surface area is 119 Å². The minimum absolute atomic E-state index is 0.745. The summed E-state index contributed by atoms with van der Waals surface area (Å²) in [6, 6.07) is 0.745. The summed E-state index contributed by atoms with van der Waals surface area (Å²) >= 11 is 0. The van der Waals surface area contributed by atoms with Gasteiger partial charge in [0.25, 0.3) is 0 Å². The Balaban J connectivity index is 1.73. The molecule has 0 amide bonds. The predicted molar refractivity (Wildman–Crippen MR) is 80.5 cm³/mol. The van der Waals surface area contributed by atoms with Crippen molar-refractivity contribution in [2.75, 3.05) is 39.4 Å². The van der Waals surface area contributed by atoms with Crippen molar-refractivity contribution in [2.24, 2.45) is 5.92 Å². The molecule has 3 nitrogen and oxygen atoms in total. The molecule has 0 aromatic heterocycles. The Bertz CT molecular complexity index is 229. The van der Waals surface area contributed by atoms with Crippen LogP contribution in [0.3, 0.4) is 0 Å². The van der Waals surface area contributed by atoms with Crippen molar-refractivity contribution >= 4 is 0 Å². The molecule has 2 aliphatic rings. The average molecular weight is 268 g/mol. The molecule has 1 heterocycles. The highest BCUT2D eigenvalue weighted by Crippen LogP contribution is 2.27. The summed E-state index contributed by atoms with van der Waals surface area (Å²) in [4.78, 5) is 2.66. The van der Waals surface area contributed by atoms with Crippen LogP contribution in [0, 0.1) is 5.92 Å². The Morgan fingerprint density at radius 3 is 2.79 bits per heavy atom. The van der Waals surface area contributed by atoms with Crippen LogP contribution in [0.1, 0.15) is 51.9 Å². The highest BCUT2D eigenvalue weighted by atomic mass is 16.5. The molecule has 3 heteroatoms. The van der Waals surface area contributed by atoms with E-state index < -0.39 is 0 Å². The maximum atomic E-state index is 5.46. The zero-order valence-corrected chi connectivity index (χ0v) is 12.7. The third-order valence-electron chi connectivity index (χ3n) is 4.70. The van der Waals surface area contributed by atoms with E-state index in [9.17, 15) is 0 Å². The molecule has 2 rings (SSSR count). The van der Waals surface area contributed by atoms with Gasteiger partial charge in [0.15, 0.2) is 0 Å². The van der Waals surface area contributed by atoms with E-state index in [1.165, 1.54) is 71.1 Å². The zero-order valence-electron chi connectivity index (χ0n) is 12.7. The number of hydrogen-bond donors (Lipinski definition) is 1. The predicted octanol–water partition coefficient (Wildman–Crippen LogP) is 2.66. The van der Waals surface area contributed by atoms with Gasteiger partial charge in [-0.2, -0.15) is 0 Å². The molecule has 19 heavy (non-hydrogen) atoms. The van der Waals surface area contributed by atoms with Crippen LogP contribution in [0.4, 0.5) is 0 Å². The smallest absolute Gasteiger partial charge is 0.0478 e. The van der Waals surface area contributed by atoms with Crippen molar-refractivity contribution in [1.82, 2.24) is 10.2 Å². The molecule has 1 unspecified atom stereocenters. The van der Waals surface area contributed by atoms with Gasteiger partial charge in [-0.25, -0.2) is 0 Å². The molecular weight excluding hydrogens is 236 g/mol. The molecular formula is C16H32N2O. The maximum absolute atomic E-state index is 5.46. The minimum Gasteiger partial charge on any atom is -0.382 e. The first-order valence-electron chi connectivity index (χ1n) is 8.43. The van der Waals surface area contributed by atoms with Gasteiger partial charge in [0.2, 0.25) is 0 Å². The van der Waals surface area contributed by atoms with Crippen LogP contribution in [-0.2, 0) is 4.74 Å². The molecule has 2 fully saturated rings. The average Bonchev–Trinajstić information content (AvgIpc) is 2.70. The number of hydrogen-bond acceptors (Lipinski definition) is 3. The summed E-state index contributed by atoms with van der Waals surface area (Å²) in [6.45, 7) is 8.81. The highest BCUT2D eigenvalue weighted by Gasteiger charge is 2.26. The van der Waals surface area contributed by atoms with E-state index in [-0.39, 0.29) is 0 Å². The van der Waals surface area contributed by atoms with E-state index in [4.69, 9.17) is 4.74 Å². The Hall–Kier alpha value is -0.120. The molecule has 1 aliphatic heterocycles. The van der Waals surface area contributed by atoms with Gasteiger partial charge in [0.05, 0.1) is 0 Å². The quantitative estimate of drug-likeness (QED) is 0.750. The first-order chi connectivity index (χ1) is 9.40. The van der Waals surface area contributed by atoms with Crippen molar-refractivity contribution < 1.29 is 4.74 Å². The second-order valence-corrected chi connectivity index (χ2v) is 6.16. The van der Waals surface area contributed by atoms with E-state index >= 15 is 0 Å². The van der Waals surface area contributed by atoms with Crippen LogP contribution in [-0.4, -0.2) is 50.3 Å². The topological polar surface area (TPSA) is 24.5 Å². The van der Waals surface area contributed by atoms with E-state index in [0.29, 0.717) is 0 Å². The van der Waals surface area contributed by atoms with E-state index in [1.807, 2.05) is 0 Å². The zero-order chi connectivity index (χ0) is 13.3. The number of rotatable bonds is 6. The molecule has 0 aromatic rings.